The summed E-state index contributed by atoms with van der Waals surface area (Å²) in [4.78, 5) is 0. The van der Waals surface area contributed by atoms with Crippen LogP contribution < -0.4 is 0 Å². The maximum Gasteiger partial charge on any atom is 0.522 e. The van der Waals surface area contributed by atoms with Crippen LogP contribution in [0.2, 0.25) is 0 Å². The first kappa shape index (κ1) is 22.2. The predicted octanol–water partition coefficient (Wildman–Crippen LogP) is 0.786. The molecule has 0 saturated carbocycles. The van der Waals surface area contributed by atoms with E-state index < -0.39 is 31.3 Å². The first-order valence-electron chi connectivity index (χ1n) is 2.57. The number of rotatable bonds is 0. The second-order valence-corrected chi connectivity index (χ2v) is 4.67. The molecule has 108 valence electrons. The van der Waals surface area contributed by atoms with E-state index in [0.717, 1.165) is 0 Å². The minimum atomic E-state index is -5.84. The van der Waals surface area contributed by atoms with Gasteiger partial charge in [-0.2, -0.15) is 43.2 Å². The van der Waals surface area contributed by atoms with E-state index in [1.807, 2.05) is 0 Å². The van der Waals surface area contributed by atoms with Crippen LogP contribution in [0.4, 0.5) is 26.3 Å². The Balaban J connectivity index is -0.000000218. The van der Waals surface area contributed by atoms with Gasteiger partial charge in [0.05, 0.1) is 0 Å². The molecule has 0 rings (SSSR count). The average Bonchev–Trinajstić information content (AvgIpc) is 1.77. The summed E-state index contributed by atoms with van der Waals surface area (Å²) in [5.74, 6) is 0. The second kappa shape index (κ2) is 6.28. The van der Waals surface area contributed by atoms with Crippen LogP contribution in [-0.2, 0) is 40.0 Å². The van der Waals surface area contributed by atoms with Gasteiger partial charge in [-0.15, -0.1) is 0 Å². The Labute approximate surface area is 104 Å². The van der Waals surface area contributed by atoms with Crippen LogP contribution >= 0.6 is 0 Å². The van der Waals surface area contributed by atoms with Crippen LogP contribution in [0.3, 0.4) is 0 Å². The van der Waals surface area contributed by atoms with Crippen LogP contribution in [0.15, 0.2) is 0 Å². The van der Waals surface area contributed by atoms with E-state index in [1.165, 1.54) is 0 Å². The maximum absolute atomic E-state index is 10.7. The molecule has 0 aromatic heterocycles. The van der Waals surface area contributed by atoms with E-state index in [-0.39, 0.29) is 19.8 Å². The topological polar surface area (TPSA) is 109 Å². The fraction of sp³-hybridized carbons (Fsp3) is 1.00. The van der Waals surface area contributed by atoms with Crippen LogP contribution in [0.5, 0.6) is 0 Å². The van der Waals surface area contributed by atoms with Crippen molar-refractivity contribution in [3.63, 3.8) is 0 Å². The summed E-state index contributed by atoms with van der Waals surface area (Å²) in [6, 6.07) is 0. The van der Waals surface area contributed by atoms with Gasteiger partial charge in [0.1, 0.15) is 0 Å². The minimum absolute atomic E-state index is 0. The normalized spacial score (nSPS) is 13.2. The largest absolute Gasteiger partial charge is 0.522 e. The third-order valence-electron chi connectivity index (χ3n) is 0.585. The van der Waals surface area contributed by atoms with E-state index >= 15 is 0 Å². The smallest absolute Gasteiger partial charge is 0.279 e. The predicted molar refractivity (Wildman–Crippen MR) is 35.2 cm³/mol. The van der Waals surface area contributed by atoms with Gasteiger partial charge in [0.25, 0.3) is 0 Å². The van der Waals surface area contributed by atoms with Gasteiger partial charge in [-0.05, 0) is 0 Å². The molecule has 0 fully saturated rings. The fourth-order valence-electron chi connectivity index (χ4n) is 0. The number of hydrogen-bond acceptors (Lipinski definition) is 4. The minimum Gasteiger partial charge on any atom is -0.279 e. The van der Waals surface area contributed by atoms with E-state index in [2.05, 4.69) is 0 Å². The standard InChI is InChI=1S/2CHF3O3S.Os/c2*2-1(3,4)8(5,6)7;/h2*(H,5,6,7);. The summed E-state index contributed by atoms with van der Waals surface area (Å²) >= 11 is 0. The number of alkyl halides is 6. The van der Waals surface area contributed by atoms with Gasteiger partial charge in [-0.25, -0.2) is 0 Å². The second-order valence-electron chi connectivity index (χ2n) is 1.84. The molecule has 0 bridgehead atoms. The Morgan fingerprint density at radius 1 is 0.647 bits per heavy atom. The Hall–Kier alpha value is 0.0364. The molecule has 0 aromatic carbocycles. The van der Waals surface area contributed by atoms with E-state index in [0.29, 0.717) is 0 Å². The summed E-state index contributed by atoms with van der Waals surface area (Å²) in [5, 5.41) is 0. The zero-order chi connectivity index (χ0) is 14.0. The molecular weight excluding hydrogens is 488 g/mol. The van der Waals surface area contributed by atoms with Crippen molar-refractivity contribution in [2.75, 3.05) is 0 Å². The molecule has 0 atom stereocenters. The van der Waals surface area contributed by atoms with Gasteiger partial charge in [0.2, 0.25) is 0 Å². The molecule has 0 amide bonds. The average molecular weight is 490 g/mol. The first-order valence-corrected chi connectivity index (χ1v) is 5.45. The van der Waals surface area contributed by atoms with Crippen molar-refractivity contribution in [1.29, 1.82) is 0 Å². The molecule has 0 aliphatic carbocycles. The SMILES string of the molecule is O=S(=O)(O)C(F)(F)F.O=S(=O)(O)C(F)(F)F.[Os]. The van der Waals surface area contributed by atoms with E-state index in [4.69, 9.17) is 25.9 Å². The third-order valence-corrected chi connectivity index (χ3v) is 1.75. The van der Waals surface area contributed by atoms with Crippen molar-refractivity contribution in [2.45, 2.75) is 11.0 Å². The van der Waals surface area contributed by atoms with Gasteiger partial charge in [0.15, 0.2) is 0 Å². The zero-order valence-corrected chi connectivity index (χ0v) is 11.1. The zero-order valence-electron chi connectivity index (χ0n) is 6.97. The van der Waals surface area contributed by atoms with Gasteiger partial charge in [0, 0.05) is 19.8 Å². The fourth-order valence-corrected chi connectivity index (χ4v) is 0. The van der Waals surface area contributed by atoms with Gasteiger partial charge in [-0.3, -0.25) is 9.11 Å². The van der Waals surface area contributed by atoms with Gasteiger partial charge >= 0.3 is 31.3 Å². The Bertz CT molecular complexity index is 374. The molecular formula is C2H2F6O6OsS2. The Morgan fingerprint density at radius 2 is 0.706 bits per heavy atom. The molecule has 0 heterocycles. The van der Waals surface area contributed by atoms with Crippen molar-refractivity contribution in [3.8, 4) is 0 Å². The summed E-state index contributed by atoms with van der Waals surface area (Å²) in [5.41, 5.74) is -11.1. The monoisotopic (exact) mass is 492 g/mol. The Kier molecular flexibility index (Phi) is 8.21. The molecule has 0 aliphatic heterocycles. The molecule has 6 nitrogen and oxygen atoms in total. The molecule has 2 N–H and O–H groups in total. The number of hydrogen-bond donors (Lipinski definition) is 2. The molecule has 0 aliphatic rings. The summed E-state index contributed by atoms with van der Waals surface area (Å²) in [6.07, 6.45) is 0. The van der Waals surface area contributed by atoms with Crippen LogP contribution in [-0.4, -0.2) is 37.0 Å². The molecule has 0 unspecified atom stereocenters. The van der Waals surface area contributed by atoms with Crippen molar-refractivity contribution < 1.29 is 72.1 Å². The van der Waals surface area contributed by atoms with Crippen molar-refractivity contribution in [2.24, 2.45) is 0 Å². The summed E-state index contributed by atoms with van der Waals surface area (Å²) in [6.45, 7) is 0. The quantitative estimate of drug-likeness (QED) is 0.295. The Morgan fingerprint density at radius 3 is 0.706 bits per heavy atom. The van der Waals surface area contributed by atoms with E-state index in [9.17, 15) is 26.3 Å². The summed E-state index contributed by atoms with van der Waals surface area (Å²) < 4.78 is 115. The number of halogens is 6. The third kappa shape index (κ3) is 9.71. The van der Waals surface area contributed by atoms with Crippen molar-refractivity contribution in [3.05, 3.63) is 0 Å². The van der Waals surface area contributed by atoms with Crippen LogP contribution in [0.25, 0.3) is 0 Å². The van der Waals surface area contributed by atoms with Crippen molar-refractivity contribution in [1.82, 2.24) is 0 Å². The molecule has 0 saturated heterocycles. The molecule has 17 heavy (non-hydrogen) atoms. The molecule has 15 heteroatoms. The summed E-state index contributed by atoms with van der Waals surface area (Å²) in [7, 11) is -11.7. The van der Waals surface area contributed by atoms with E-state index in [1.54, 1.807) is 0 Å². The molecule has 0 spiro atoms. The maximum atomic E-state index is 10.7. The first-order chi connectivity index (χ1) is 6.50. The van der Waals surface area contributed by atoms with Gasteiger partial charge in [-0.1, -0.05) is 0 Å². The van der Waals surface area contributed by atoms with Crippen LogP contribution in [0.1, 0.15) is 0 Å². The van der Waals surface area contributed by atoms with Crippen LogP contribution in [0, 0.1) is 0 Å². The van der Waals surface area contributed by atoms with Gasteiger partial charge < -0.3 is 0 Å². The van der Waals surface area contributed by atoms with Crippen molar-refractivity contribution >= 4 is 20.2 Å². The molecule has 0 radical (unpaired) electrons. The molecule has 0 aromatic rings.